The Morgan fingerprint density at radius 2 is 1.83 bits per heavy atom. The van der Waals surface area contributed by atoms with E-state index in [1.54, 1.807) is 36.4 Å². The molecule has 0 saturated carbocycles. The average molecular weight is 476 g/mol. The maximum atomic E-state index is 12.3. The van der Waals surface area contributed by atoms with Crippen molar-refractivity contribution in [2.24, 2.45) is 5.10 Å². The highest BCUT2D eigenvalue weighted by molar-refractivity contribution is 9.10. The lowest BCUT2D eigenvalue weighted by Gasteiger charge is -2.21. The van der Waals surface area contributed by atoms with Gasteiger partial charge in [0.25, 0.3) is 5.91 Å². The number of benzene rings is 3. The average Bonchev–Trinajstić information content (AvgIpc) is 2.68. The van der Waals surface area contributed by atoms with Crippen molar-refractivity contribution < 1.29 is 18.3 Å². The summed E-state index contributed by atoms with van der Waals surface area (Å²) in [5.74, 6) is -0.594. The molecule has 0 heterocycles. The van der Waals surface area contributed by atoms with Gasteiger partial charge in [-0.1, -0.05) is 46.3 Å². The van der Waals surface area contributed by atoms with E-state index >= 15 is 0 Å². The zero-order chi connectivity index (χ0) is 21.0. The first kappa shape index (κ1) is 20.8. The lowest BCUT2D eigenvalue weighted by molar-refractivity contribution is -0.119. The van der Waals surface area contributed by atoms with Crippen LogP contribution in [-0.2, 0) is 14.8 Å². The monoisotopic (exact) mass is 475 g/mol. The molecule has 0 bridgehead atoms. The third-order valence-electron chi connectivity index (χ3n) is 4.13. The van der Waals surface area contributed by atoms with Crippen molar-refractivity contribution in [1.82, 2.24) is 5.43 Å². The molecule has 3 rings (SSSR count). The summed E-state index contributed by atoms with van der Waals surface area (Å²) in [5.41, 5.74) is 3.13. The molecule has 3 aromatic rings. The lowest BCUT2D eigenvalue weighted by atomic mass is 10.0. The second kappa shape index (κ2) is 8.62. The van der Waals surface area contributed by atoms with Crippen LogP contribution < -0.4 is 9.73 Å². The van der Waals surface area contributed by atoms with E-state index in [4.69, 9.17) is 0 Å². The number of carbonyl (C=O) groups excluding carboxylic acids is 1. The fourth-order valence-electron chi connectivity index (χ4n) is 2.76. The summed E-state index contributed by atoms with van der Waals surface area (Å²) in [6.45, 7) is -0.431. The number of phenolic OH excluding ortho intramolecular Hbond substituents is 1. The molecule has 0 aliphatic heterocycles. The Labute approximate surface area is 176 Å². The molecule has 0 radical (unpaired) electrons. The van der Waals surface area contributed by atoms with Gasteiger partial charge in [0.05, 0.1) is 18.2 Å². The van der Waals surface area contributed by atoms with Gasteiger partial charge in [0.1, 0.15) is 12.3 Å². The van der Waals surface area contributed by atoms with Crippen molar-refractivity contribution in [3.8, 4) is 5.75 Å². The van der Waals surface area contributed by atoms with Gasteiger partial charge in [0.2, 0.25) is 10.0 Å². The zero-order valence-electron chi connectivity index (χ0n) is 15.4. The molecule has 29 heavy (non-hydrogen) atoms. The van der Waals surface area contributed by atoms with E-state index in [2.05, 4.69) is 26.5 Å². The van der Waals surface area contributed by atoms with Crippen molar-refractivity contribution >= 4 is 54.5 Å². The minimum Gasteiger partial charge on any atom is -0.507 e. The fourth-order valence-corrected chi connectivity index (χ4v) is 3.88. The molecular weight excluding hydrogens is 458 g/mol. The summed E-state index contributed by atoms with van der Waals surface area (Å²) < 4.78 is 26.0. The largest absolute Gasteiger partial charge is 0.507 e. The van der Waals surface area contributed by atoms with Crippen molar-refractivity contribution in [2.45, 2.75) is 0 Å². The predicted octanol–water partition coefficient (Wildman–Crippen LogP) is 3.22. The van der Waals surface area contributed by atoms with Crippen LogP contribution in [0.1, 0.15) is 5.56 Å². The summed E-state index contributed by atoms with van der Waals surface area (Å²) in [7, 11) is -3.67. The van der Waals surface area contributed by atoms with Crippen LogP contribution in [0, 0.1) is 0 Å². The zero-order valence-corrected chi connectivity index (χ0v) is 17.8. The van der Waals surface area contributed by atoms with Crippen LogP contribution in [0.2, 0.25) is 0 Å². The molecule has 150 valence electrons. The van der Waals surface area contributed by atoms with Gasteiger partial charge in [0.15, 0.2) is 0 Å². The number of carbonyl (C=O) groups is 1. The number of anilines is 1. The fraction of sp³-hybridized carbons (Fsp3) is 0.100. The van der Waals surface area contributed by atoms with Gasteiger partial charge in [-0.25, -0.2) is 13.8 Å². The van der Waals surface area contributed by atoms with Crippen molar-refractivity contribution in [3.05, 3.63) is 70.7 Å². The molecule has 0 spiro atoms. The van der Waals surface area contributed by atoms with Crippen LogP contribution in [-0.4, -0.2) is 38.4 Å². The first-order chi connectivity index (χ1) is 13.8. The Bertz CT molecular complexity index is 1180. The summed E-state index contributed by atoms with van der Waals surface area (Å²) >= 11 is 3.29. The van der Waals surface area contributed by atoms with Crippen LogP contribution in [0.3, 0.4) is 0 Å². The summed E-state index contributed by atoms with van der Waals surface area (Å²) in [4.78, 5) is 12.3. The number of hydrogen-bond acceptors (Lipinski definition) is 5. The molecular formula is C20H18BrN3O4S. The van der Waals surface area contributed by atoms with Crippen LogP contribution >= 0.6 is 15.9 Å². The number of nitrogens with one attached hydrogen (secondary N) is 1. The van der Waals surface area contributed by atoms with Gasteiger partial charge in [-0.15, -0.1) is 0 Å². The number of rotatable bonds is 6. The molecule has 0 unspecified atom stereocenters. The van der Waals surface area contributed by atoms with E-state index in [-0.39, 0.29) is 5.75 Å². The normalized spacial score (nSPS) is 11.7. The first-order valence-corrected chi connectivity index (χ1v) is 11.2. The number of hydrogen-bond donors (Lipinski definition) is 2. The number of aromatic hydroxyl groups is 1. The molecule has 0 aliphatic carbocycles. The van der Waals surface area contributed by atoms with Crippen LogP contribution in [0.4, 0.5) is 5.69 Å². The predicted molar refractivity (Wildman–Crippen MR) is 118 cm³/mol. The van der Waals surface area contributed by atoms with Crippen LogP contribution in [0.15, 0.2) is 70.2 Å². The number of halogens is 1. The molecule has 0 saturated heterocycles. The standard InChI is InChI=1S/C20H18BrN3O4S/c1-29(27,28)24(16-9-7-15(21)8-10-16)13-20(26)23-22-12-18-17-5-3-2-4-14(17)6-11-19(18)25/h2-12,25H,13H2,1H3,(H,23,26)/b22-12-. The minimum absolute atomic E-state index is 0.0225. The smallest absolute Gasteiger partial charge is 0.260 e. The van der Waals surface area contributed by atoms with E-state index in [1.807, 2.05) is 24.3 Å². The molecule has 7 nitrogen and oxygen atoms in total. The van der Waals surface area contributed by atoms with E-state index < -0.39 is 22.5 Å². The van der Waals surface area contributed by atoms with Crippen LogP contribution in [0.25, 0.3) is 10.8 Å². The molecule has 1 amide bonds. The second-order valence-electron chi connectivity index (χ2n) is 6.26. The van der Waals surface area contributed by atoms with Crippen molar-refractivity contribution in [2.75, 3.05) is 17.1 Å². The van der Waals surface area contributed by atoms with E-state index in [9.17, 15) is 18.3 Å². The highest BCUT2D eigenvalue weighted by atomic mass is 79.9. The highest BCUT2D eigenvalue weighted by Gasteiger charge is 2.20. The maximum absolute atomic E-state index is 12.3. The Balaban J connectivity index is 1.76. The second-order valence-corrected chi connectivity index (χ2v) is 9.08. The van der Waals surface area contributed by atoms with E-state index in [0.717, 1.165) is 25.8 Å². The summed E-state index contributed by atoms with van der Waals surface area (Å²) in [5, 5.41) is 15.7. The number of phenols is 1. The summed E-state index contributed by atoms with van der Waals surface area (Å²) in [6.07, 6.45) is 2.36. The molecule has 9 heteroatoms. The number of amides is 1. The van der Waals surface area contributed by atoms with Gasteiger partial charge in [0, 0.05) is 10.0 Å². The highest BCUT2D eigenvalue weighted by Crippen LogP contribution is 2.25. The van der Waals surface area contributed by atoms with Gasteiger partial charge in [-0.2, -0.15) is 5.10 Å². The molecule has 3 aromatic carbocycles. The Hall–Kier alpha value is -2.91. The summed E-state index contributed by atoms with van der Waals surface area (Å²) in [6, 6.07) is 17.3. The first-order valence-electron chi connectivity index (χ1n) is 8.51. The van der Waals surface area contributed by atoms with Crippen LogP contribution in [0.5, 0.6) is 5.75 Å². The van der Waals surface area contributed by atoms with E-state index in [1.165, 1.54) is 6.21 Å². The van der Waals surface area contributed by atoms with Crippen molar-refractivity contribution in [3.63, 3.8) is 0 Å². The van der Waals surface area contributed by atoms with Gasteiger partial charge in [-0.05, 0) is 41.1 Å². The Morgan fingerprint density at radius 3 is 2.52 bits per heavy atom. The molecule has 0 atom stereocenters. The molecule has 0 fully saturated rings. The quantitative estimate of drug-likeness (QED) is 0.422. The van der Waals surface area contributed by atoms with Gasteiger partial charge in [-0.3, -0.25) is 9.10 Å². The molecule has 0 aliphatic rings. The number of sulfonamides is 1. The molecule has 2 N–H and O–H groups in total. The SMILES string of the molecule is CS(=O)(=O)N(CC(=O)N/N=C\c1c(O)ccc2ccccc12)c1ccc(Br)cc1. The Kier molecular flexibility index (Phi) is 6.19. The number of nitrogens with zero attached hydrogens (tertiary/aromatic N) is 2. The number of hydrazone groups is 1. The van der Waals surface area contributed by atoms with E-state index in [0.29, 0.717) is 11.3 Å². The molecule has 0 aromatic heterocycles. The lowest BCUT2D eigenvalue weighted by Crippen LogP contribution is -2.39. The maximum Gasteiger partial charge on any atom is 0.260 e. The van der Waals surface area contributed by atoms with Crippen molar-refractivity contribution in [1.29, 1.82) is 0 Å². The van der Waals surface area contributed by atoms with Gasteiger partial charge < -0.3 is 5.11 Å². The third-order valence-corrected chi connectivity index (χ3v) is 5.80. The minimum atomic E-state index is -3.67. The topological polar surface area (TPSA) is 99.1 Å². The van der Waals surface area contributed by atoms with Gasteiger partial charge >= 0.3 is 0 Å². The third kappa shape index (κ3) is 5.12. The Morgan fingerprint density at radius 1 is 1.14 bits per heavy atom. The number of fused-ring (bicyclic) bond motifs is 1.